The second kappa shape index (κ2) is 4.07. The molecule has 3 atom stereocenters. The van der Waals surface area contributed by atoms with Gasteiger partial charge in [0.2, 0.25) is 0 Å². The maximum atomic E-state index is 11.5. The SMILES string of the molecule is COC(=O)c1nc(C2CC3CCC2O3)sc1C. The lowest BCUT2D eigenvalue weighted by atomic mass is 9.90. The van der Waals surface area contributed by atoms with Crippen LogP contribution in [0, 0.1) is 6.92 Å². The summed E-state index contributed by atoms with van der Waals surface area (Å²) in [6.45, 7) is 1.92. The molecule has 2 fully saturated rings. The van der Waals surface area contributed by atoms with Gasteiger partial charge in [0.1, 0.15) is 0 Å². The molecule has 0 saturated carbocycles. The van der Waals surface area contributed by atoms with Crippen LogP contribution in [0.3, 0.4) is 0 Å². The van der Waals surface area contributed by atoms with E-state index in [9.17, 15) is 4.79 Å². The Morgan fingerprint density at radius 1 is 1.53 bits per heavy atom. The lowest BCUT2D eigenvalue weighted by molar-refractivity contribution is 0.0593. The highest BCUT2D eigenvalue weighted by Crippen LogP contribution is 2.45. The number of fused-ring (bicyclic) bond motifs is 2. The van der Waals surface area contributed by atoms with Crippen LogP contribution < -0.4 is 0 Å². The normalized spacial score (nSPS) is 30.8. The van der Waals surface area contributed by atoms with E-state index >= 15 is 0 Å². The molecule has 17 heavy (non-hydrogen) atoms. The van der Waals surface area contributed by atoms with Gasteiger partial charge in [-0.2, -0.15) is 0 Å². The summed E-state index contributed by atoms with van der Waals surface area (Å²) in [4.78, 5) is 16.9. The molecule has 5 heteroatoms. The van der Waals surface area contributed by atoms with E-state index in [4.69, 9.17) is 9.47 Å². The van der Waals surface area contributed by atoms with Crippen LogP contribution in [0.5, 0.6) is 0 Å². The molecular weight excluding hydrogens is 238 g/mol. The van der Waals surface area contributed by atoms with Gasteiger partial charge in [-0.1, -0.05) is 0 Å². The average molecular weight is 253 g/mol. The van der Waals surface area contributed by atoms with Gasteiger partial charge in [-0.05, 0) is 26.2 Å². The molecule has 3 heterocycles. The van der Waals surface area contributed by atoms with Crippen molar-refractivity contribution in [3.05, 3.63) is 15.6 Å². The van der Waals surface area contributed by atoms with Gasteiger partial charge in [0.15, 0.2) is 5.69 Å². The van der Waals surface area contributed by atoms with Gasteiger partial charge < -0.3 is 9.47 Å². The van der Waals surface area contributed by atoms with Crippen LogP contribution in [0.25, 0.3) is 0 Å². The van der Waals surface area contributed by atoms with Crippen molar-refractivity contribution in [3.63, 3.8) is 0 Å². The number of carbonyl (C=O) groups excluding carboxylic acids is 1. The second-order valence-corrected chi connectivity index (χ2v) is 5.90. The summed E-state index contributed by atoms with van der Waals surface area (Å²) < 4.78 is 10.6. The number of aryl methyl sites for hydroxylation is 1. The molecule has 3 unspecified atom stereocenters. The van der Waals surface area contributed by atoms with Gasteiger partial charge in [-0.25, -0.2) is 9.78 Å². The fourth-order valence-corrected chi connectivity index (χ4v) is 3.83. The van der Waals surface area contributed by atoms with E-state index in [1.165, 1.54) is 13.5 Å². The molecule has 2 bridgehead atoms. The van der Waals surface area contributed by atoms with Crippen molar-refractivity contribution < 1.29 is 14.3 Å². The Balaban J connectivity index is 1.87. The van der Waals surface area contributed by atoms with Crippen molar-refractivity contribution in [2.45, 2.75) is 44.3 Å². The molecule has 1 aromatic rings. The molecule has 0 N–H and O–H groups in total. The molecule has 0 amide bonds. The molecule has 2 aliphatic rings. The Labute approximate surface area is 104 Å². The minimum atomic E-state index is -0.339. The number of thiazole rings is 1. The number of ether oxygens (including phenoxy) is 2. The summed E-state index contributed by atoms with van der Waals surface area (Å²) >= 11 is 1.60. The van der Waals surface area contributed by atoms with Gasteiger partial charge in [0.25, 0.3) is 0 Å². The van der Waals surface area contributed by atoms with Crippen molar-refractivity contribution in [3.8, 4) is 0 Å². The van der Waals surface area contributed by atoms with Crippen LogP contribution >= 0.6 is 11.3 Å². The number of hydrogen-bond acceptors (Lipinski definition) is 5. The van der Waals surface area contributed by atoms with Crippen molar-refractivity contribution in [1.29, 1.82) is 0 Å². The number of carbonyl (C=O) groups is 1. The third kappa shape index (κ3) is 1.77. The zero-order valence-corrected chi connectivity index (χ0v) is 10.8. The predicted molar refractivity (Wildman–Crippen MR) is 63.4 cm³/mol. The third-order valence-corrected chi connectivity index (χ3v) is 4.72. The van der Waals surface area contributed by atoms with Crippen LogP contribution in [0.1, 0.15) is 45.6 Å². The van der Waals surface area contributed by atoms with Gasteiger partial charge in [-0.15, -0.1) is 11.3 Å². The smallest absolute Gasteiger partial charge is 0.357 e. The van der Waals surface area contributed by atoms with Gasteiger partial charge in [-0.3, -0.25) is 0 Å². The summed E-state index contributed by atoms with van der Waals surface area (Å²) in [6, 6.07) is 0. The average Bonchev–Trinajstić information content (AvgIpc) is 3.01. The number of rotatable bonds is 2. The molecule has 2 saturated heterocycles. The van der Waals surface area contributed by atoms with Crippen LogP contribution in [0.2, 0.25) is 0 Å². The van der Waals surface area contributed by atoms with Gasteiger partial charge in [0, 0.05) is 10.8 Å². The predicted octanol–water partition coefficient (Wildman–Crippen LogP) is 2.27. The molecule has 2 aliphatic heterocycles. The number of methoxy groups -OCH3 is 1. The molecule has 0 spiro atoms. The zero-order valence-electron chi connectivity index (χ0n) is 9.93. The maximum Gasteiger partial charge on any atom is 0.357 e. The second-order valence-electron chi connectivity index (χ2n) is 4.66. The number of aromatic nitrogens is 1. The topological polar surface area (TPSA) is 48.4 Å². The highest BCUT2D eigenvalue weighted by atomic mass is 32.1. The first-order chi connectivity index (χ1) is 8.19. The van der Waals surface area contributed by atoms with Crippen LogP contribution in [0.4, 0.5) is 0 Å². The summed E-state index contributed by atoms with van der Waals surface area (Å²) in [6.07, 6.45) is 4.08. The minimum absolute atomic E-state index is 0.316. The molecule has 0 aliphatic carbocycles. The standard InChI is InChI=1S/C12H15NO3S/c1-6-10(12(14)15-2)13-11(17-6)8-5-7-3-4-9(8)16-7/h7-9H,3-5H2,1-2H3. The summed E-state index contributed by atoms with van der Waals surface area (Å²) in [5.41, 5.74) is 0.468. The Morgan fingerprint density at radius 3 is 2.94 bits per heavy atom. The van der Waals surface area contributed by atoms with E-state index in [-0.39, 0.29) is 5.97 Å². The van der Waals surface area contributed by atoms with E-state index in [1.54, 1.807) is 11.3 Å². The third-order valence-electron chi connectivity index (χ3n) is 3.62. The van der Waals surface area contributed by atoms with Gasteiger partial charge >= 0.3 is 5.97 Å². The lowest BCUT2D eigenvalue weighted by Crippen LogP contribution is -2.14. The van der Waals surface area contributed by atoms with Crippen molar-refractivity contribution in [2.75, 3.05) is 7.11 Å². The summed E-state index contributed by atoms with van der Waals surface area (Å²) in [5.74, 6) is 0.0462. The van der Waals surface area contributed by atoms with E-state index in [2.05, 4.69) is 4.98 Å². The molecule has 3 rings (SSSR count). The molecule has 4 nitrogen and oxygen atoms in total. The Morgan fingerprint density at radius 2 is 2.35 bits per heavy atom. The Kier molecular flexibility index (Phi) is 2.67. The highest BCUT2D eigenvalue weighted by molar-refractivity contribution is 7.12. The minimum Gasteiger partial charge on any atom is -0.464 e. The molecule has 1 aromatic heterocycles. The first kappa shape index (κ1) is 11.2. The van der Waals surface area contributed by atoms with E-state index in [0.717, 1.165) is 22.7 Å². The number of nitrogens with zero attached hydrogens (tertiary/aromatic N) is 1. The maximum absolute atomic E-state index is 11.5. The monoisotopic (exact) mass is 253 g/mol. The fraction of sp³-hybridized carbons (Fsp3) is 0.667. The van der Waals surface area contributed by atoms with Crippen molar-refractivity contribution in [1.82, 2.24) is 4.98 Å². The molecule has 92 valence electrons. The quantitative estimate of drug-likeness (QED) is 0.759. The fourth-order valence-electron chi connectivity index (χ4n) is 2.76. The van der Waals surface area contributed by atoms with Crippen molar-refractivity contribution >= 4 is 17.3 Å². The molecular formula is C12H15NO3S. The lowest BCUT2D eigenvalue weighted by Gasteiger charge is -2.15. The zero-order chi connectivity index (χ0) is 12.0. The summed E-state index contributed by atoms with van der Waals surface area (Å²) in [7, 11) is 1.39. The van der Waals surface area contributed by atoms with Gasteiger partial charge in [0.05, 0.1) is 24.3 Å². The van der Waals surface area contributed by atoms with Crippen LogP contribution in [-0.4, -0.2) is 30.3 Å². The largest absolute Gasteiger partial charge is 0.464 e. The van der Waals surface area contributed by atoms with E-state index in [1.807, 2.05) is 6.92 Å². The number of esters is 1. The summed E-state index contributed by atoms with van der Waals surface area (Å²) in [5, 5.41) is 1.04. The first-order valence-corrected chi connectivity index (χ1v) is 6.71. The first-order valence-electron chi connectivity index (χ1n) is 5.90. The molecule has 0 radical (unpaired) electrons. The van der Waals surface area contributed by atoms with E-state index < -0.39 is 0 Å². The van der Waals surface area contributed by atoms with Crippen LogP contribution in [-0.2, 0) is 9.47 Å². The Hall–Kier alpha value is -0.940. The van der Waals surface area contributed by atoms with Crippen molar-refractivity contribution in [2.24, 2.45) is 0 Å². The van der Waals surface area contributed by atoms with E-state index in [0.29, 0.717) is 23.8 Å². The molecule has 0 aromatic carbocycles. The highest BCUT2D eigenvalue weighted by Gasteiger charge is 2.43. The Bertz CT molecular complexity index is 457. The number of hydrogen-bond donors (Lipinski definition) is 0. The van der Waals surface area contributed by atoms with Crippen LogP contribution in [0.15, 0.2) is 0 Å².